The van der Waals surface area contributed by atoms with Gasteiger partial charge in [-0.2, -0.15) is 0 Å². The third-order valence-electron chi connectivity index (χ3n) is 3.98. The van der Waals surface area contributed by atoms with Gasteiger partial charge in [-0.3, -0.25) is 4.79 Å². The smallest absolute Gasteiger partial charge is 0.328 e. The van der Waals surface area contributed by atoms with Crippen LogP contribution in [0.15, 0.2) is 0 Å². The third-order valence-corrected chi connectivity index (χ3v) is 3.98. The lowest BCUT2D eigenvalue weighted by Gasteiger charge is -2.24. The molecule has 0 aromatic rings. The van der Waals surface area contributed by atoms with Gasteiger partial charge >= 0.3 is 5.97 Å². The number of hydrogen-bond donors (Lipinski definition) is 4. The summed E-state index contributed by atoms with van der Waals surface area (Å²) >= 11 is 0. The first-order chi connectivity index (χ1) is 8.61. The highest BCUT2D eigenvalue weighted by Crippen LogP contribution is 2.33. The van der Waals surface area contributed by atoms with E-state index >= 15 is 0 Å². The van der Waals surface area contributed by atoms with Crippen LogP contribution in [0, 0.1) is 5.92 Å². The average Bonchev–Trinajstić information content (AvgIpc) is 2.79. The number of nitrogens with one attached hydrogen (secondary N) is 2. The maximum atomic E-state index is 11.9. The highest BCUT2D eigenvalue weighted by atomic mass is 16.4. The Labute approximate surface area is 106 Å². The van der Waals surface area contributed by atoms with Crippen LogP contribution < -0.4 is 10.6 Å². The number of aliphatic hydroxyl groups excluding tert-OH is 1. The van der Waals surface area contributed by atoms with Crippen molar-refractivity contribution in [3.8, 4) is 0 Å². The molecule has 4 atom stereocenters. The van der Waals surface area contributed by atoms with E-state index in [1.165, 1.54) is 12.8 Å². The Hall–Kier alpha value is -1.14. The minimum Gasteiger partial charge on any atom is -0.480 e. The number of rotatable bonds is 4. The van der Waals surface area contributed by atoms with E-state index in [9.17, 15) is 9.59 Å². The lowest BCUT2D eigenvalue weighted by atomic mass is 9.85. The first-order valence-electron chi connectivity index (χ1n) is 6.52. The van der Waals surface area contributed by atoms with Crippen molar-refractivity contribution in [3.05, 3.63) is 0 Å². The highest BCUT2D eigenvalue weighted by molar-refractivity contribution is 5.87. The topological polar surface area (TPSA) is 98.7 Å². The van der Waals surface area contributed by atoms with Gasteiger partial charge in [0.1, 0.15) is 6.04 Å². The summed E-state index contributed by atoms with van der Waals surface area (Å²) in [5, 5.41) is 23.3. The van der Waals surface area contributed by atoms with E-state index in [-0.39, 0.29) is 11.9 Å². The Bertz CT molecular complexity index is 320. The summed E-state index contributed by atoms with van der Waals surface area (Å²) in [4.78, 5) is 22.7. The van der Waals surface area contributed by atoms with Gasteiger partial charge in [-0.05, 0) is 25.2 Å². The Morgan fingerprint density at radius 3 is 2.67 bits per heavy atom. The van der Waals surface area contributed by atoms with Crippen molar-refractivity contribution in [1.82, 2.24) is 10.6 Å². The molecule has 4 N–H and O–H groups in total. The van der Waals surface area contributed by atoms with Gasteiger partial charge in [-0.25, -0.2) is 4.79 Å². The molecule has 1 amide bonds. The maximum Gasteiger partial charge on any atom is 0.328 e. The normalized spacial score (nSPS) is 32.6. The van der Waals surface area contributed by atoms with Crippen LogP contribution in [0.1, 0.15) is 32.1 Å². The molecule has 102 valence electrons. The van der Waals surface area contributed by atoms with Crippen molar-refractivity contribution in [2.45, 2.75) is 50.2 Å². The van der Waals surface area contributed by atoms with E-state index < -0.39 is 18.6 Å². The summed E-state index contributed by atoms with van der Waals surface area (Å²) in [6.45, 7) is -0.583. The van der Waals surface area contributed by atoms with Gasteiger partial charge in [0.15, 0.2) is 0 Å². The van der Waals surface area contributed by atoms with E-state index in [4.69, 9.17) is 10.2 Å². The van der Waals surface area contributed by atoms with Crippen molar-refractivity contribution < 1.29 is 19.8 Å². The van der Waals surface area contributed by atoms with E-state index in [2.05, 4.69) is 10.6 Å². The fourth-order valence-corrected chi connectivity index (χ4v) is 2.98. The van der Waals surface area contributed by atoms with Crippen molar-refractivity contribution in [1.29, 1.82) is 0 Å². The van der Waals surface area contributed by atoms with Crippen LogP contribution in [0.2, 0.25) is 0 Å². The molecule has 18 heavy (non-hydrogen) atoms. The predicted molar refractivity (Wildman–Crippen MR) is 63.9 cm³/mol. The van der Waals surface area contributed by atoms with Crippen molar-refractivity contribution in [3.63, 3.8) is 0 Å². The Morgan fingerprint density at radius 2 is 2.06 bits per heavy atom. The molecule has 1 saturated heterocycles. The average molecular weight is 256 g/mol. The lowest BCUT2D eigenvalue weighted by Crippen LogP contribution is -2.50. The fraction of sp³-hybridized carbons (Fsp3) is 0.833. The van der Waals surface area contributed by atoms with E-state index in [1.54, 1.807) is 0 Å². The summed E-state index contributed by atoms with van der Waals surface area (Å²) in [5.74, 6) is -0.987. The quantitative estimate of drug-likeness (QED) is 0.542. The number of carboxylic acids is 1. The van der Waals surface area contributed by atoms with Gasteiger partial charge in [0.2, 0.25) is 5.91 Å². The molecule has 1 heterocycles. The molecule has 0 aromatic heterocycles. The van der Waals surface area contributed by atoms with Crippen molar-refractivity contribution in [2.75, 3.05) is 6.61 Å². The summed E-state index contributed by atoms with van der Waals surface area (Å²) in [7, 11) is 0. The number of carboxylic acid groups (broad SMARTS) is 1. The molecule has 1 aliphatic heterocycles. The molecule has 6 nitrogen and oxygen atoms in total. The molecule has 2 rings (SSSR count). The van der Waals surface area contributed by atoms with Gasteiger partial charge < -0.3 is 20.8 Å². The zero-order chi connectivity index (χ0) is 13.1. The number of carbonyl (C=O) groups excluding carboxylic acids is 1. The second-order valence-electron chi connectivity index (χ2n) is 5.19. The fourth-order valence-electron chi connectivity index (χ4n) is 2.98. The number of fused-ring (bicyclic) bond motifs is 1. The van der Waals surface area contributed by atoms with Crippen LogP contribution >= 0.6 is 0 Å². The zero-order valence-electron chi connectivity index (χ0n) is 10.3. The molecule has 2 aliphatic rings. The summed E-state index contributed by atoms with van der Waals surface area (Å²) < 4.78 is 0. The minimum absolute atomic E-state index is 0.313. The molecule has 1 saturated carbocycles. The van der Waals surface area contributed by atoms with Crippen LogP contribution in [-0.4, -0.2) is 46.8 Å². The van der Waals surface area contributed by atoms with Gasteiger partial charge in [-0.1, -0.05) is 12.8 Å². The molecule has 3 unspecified atom stereocenters. The molecule has 0 spiro atoms. The largest absolute Gasteiger partial charge is 0.480 e. The Kier molecular flexibility index (Phi) is 4.19. The van der Waals surface area contributed by atoms with E-state index in [0.29, 0.717) is 12.0 Å². The molecule has 0 bridgehead atoms. The lowest BCUT2D eigenvalue weighted by molar-refractivity contribution is -0.143. The molecular formula is C12H20N2O4. The number of amides is 1. The van der Waals surface area contributed by atoms with Gasteiger partial charge in [-0.15, -0.1) is 0 Å². The summed E-state index contributed by atoms with van der Waals surface area (Å²) in [6, 6.07) is -1.12. The van der Waals surface area contributed by atoms with Gasteiger partial charge in [0.25, 0.3) is 0 Å². The van der Waals surface area contributed by atoms with Gasteiger partial charge in [0.05, 0.1) is 12.6 Å². The molecular weight excluding hydrogens is 236 g/mol. The Balaban J connectivity index is 1.88. The highest BCUT2D eigenvalue weighted by Gasteiger charge is 2.38. The molecule has 1 aliphatic carbocycles. The molecule has 2 fully saturated rings. The van der Waals surface area contributed by atoms with E-state index in [1.807, 2.05) is 0 Å². The number of aliphatic hydroxyl groups is 1. The summed E-state index contributed by atoms with van der Waals surface area (Å²) in [5.41, 5.74) is 0. The minimum atomic E-state index is -1.21. The monoisotopic (exact) mass is 256 g/mol. The number of aliphatic carboxylic acids is 1. The number of hydrogen-bond acceptors (Lipinski definition) is 4. The maximum absolute atomic E-state index is 11.9. The van der Waals surface area contributed by atoms with Crippen LogP contribution in [0.4, 0.5) is 0 Å². The SMILES string of the molecule is O=C(N[C@@H](CO)C(=O)O)C1CC2CCCCC2N1. The molecule has 0 aromatic carbocycles. The first-order valence-corrected chi connectivity index (χ1v) is 6.52. The Morgan fingerprint density at radius 1 is 1.33 bits per heavy atom. The van der Waals surface area contributed by atoms with Crippen LogP contribution in [0.25, 0.3) is 0 Å². The number of carbonyl (C=O) groups is 2. The third kappa shape index (κ3) is 2.81. The summed E-state index contributed by atoms with van der Waals surface area (Å²) in [6.07, 6.45) is 5.41. The zero-order valence-corrected chi connectivity index (χ0v) is 10.3. The van der Waals surface area contributed by atoms with Crippen LogP contribution in [0.3, 0.4) is 0 Å². The first kappa shape index (κ1) is 13.3. The second kappa shape index (κ2) is 5.67. The molecule has 0 radical (unpaired) electrons. The van der Waals surface area contributed by atoms with Gasteiger partial charge in [0, 0.05) is 6.04 Å². The molecule has 6 heteroatoms. The second-order valence-corrected chi connectivity index (χ2v) is 5.19. The standard InChI is InChI=1S/C12H20N2O4/c15-6-10(12(17)18)14-11(16)9-5-7-3-1-2-4-8(7)13-9/h7-10,13,15H,1-6H2,(H,14,16)(H,17,18)/t7?,8?,9?,10-/m0/s1. The van der Waals surface area contributed by atoms with Crippen LogP contribution in [0.5, 0.6) is 0 Å². The predicted octanol–water partition coefficient (Wildman–Crippen LogP) is -0.531. The van der Waals surface area contributed by atoms with Crippen LogP contribution in [-0.2, 0) is 9.59 Å². The van der Waals surface area contributed by atoms with Crippen molar-refractivity contribution >= 4 is 11.9 Å². The van der Waals surface area contributed by atoms with E-state index in [0.717, 1.165) is 19.3 Å². The van der Waals surface area contributed by atoms with Crippen molar-refractivity contribution in [2.24, 2.45) is 5.92 Å².